The molecule has 2 aromatic carbocycles. The third-order valence-corrected chi connectivity index (χ3v) is 5.50. The van der Waals surface area contributed by atoms with Crippen LogP contribution >= 0.6 is 0 Å². The number of hydrogen-bond donors (Lipinski definition) is 2. The van der Waals surface area contributed by atoms with Crippen molar-refractivity contribution in [2.75, 3.05) is 28.4 Å². The number of carboxylic acids is 1. The van der Waals surface area contributed by atoms with Crippen LogP contribution in [0.1, 0.15) is 43.0 Å². The molecule has 0 fully saturated rings. The van der Waals surface area contributed by atoms with Crippen LogP contribution in [0.4, 0.5) is 4.79 Å². The molecule has 2 N–H and O–H groups in total. The summed E-state index contributed by atoms with van der Waals surface area (Å²) in [7, 11) is 5.90. The summed E-state index contributed by atoms with van der Waals surface area (Å²) in [6.45, 7) is 5.29. The van der Waals surface area contributed by atoms with Gasteiger partial charge in [-0.3, -0.25) is 4.79 Å². The van der Waals surface area contributed by atoms with E-state index in [0.29, 0.717) is 39.5 Å². The summed E-state index contributed by atoms with van der Waals surface area (Å²) in [5, 5.41) is 12.3. The minimum Gasteiger partial charge on any atom is -0.496 e. The van der Waals surface area contributed by atoms with Crippen molar-refractivity contribution in [2.24, 2.45) is 0 Å². The van der Waals surface area contributed by atoms with E-state index < -0.39 is 23.5 Å². The molecule has 10 nitrogen and oxygen atoms in total. The van der Waals surface area contributed by atoms with E-state index in [1.807, 2.05) is 0 Å². The average Bonchev–Trinajstić information content (AvgIpc) is 2.80. The Labute approximate surface area is 204 Å². The number of methoxy groups -OCH3 is 4. The molecule has 0 aromatic heterocycles. The molecule has 1 heterocycles. The van der Waals surface area contributed by atoms with Gasteiger partial charge in [0.2, 0.25) is 5.79 Å². The van der Waals surface area contributed by atoms with Crippen molar-refractivity contribution >= 4 is 12.1 Å². The summed E-state index contributed by atoms with van der Waals surface area (Å²) in [5.41, 5.74) is 1.12. The maximum atomic E-state index is 12.4. The summed E-state index contributed by atoms with van der Waals surface area (Å²) in [6, 6.07) is 6.81. The van der Waals surface area contributed by atoms with Crippen LogP contribution in [0.5, 0.6) is 23.0 Å². The number of fused-ring (bicyclic) bond motifs is 2. The lowest BCUT2D eigenvalue weighted by atomic mass is 9.88. The molecule has 0 saturated heterocycles. The SMILES string of the molecule is COc1ccc2c(c1CNC(=O)OC(C)(C)C)Oc1c(ccc(OC)c1CC(=O)O)C2(OC)OC. The van der Waals surface area contributed by atoms with Gasteiger partial charge in [0.15, 0.2) is 0 Å². The van der Waals surface area contributed by atoms with Crippen LogP contribution in [0.3, 0.4) is 0 Å². The van der Waals surface area contributed by atoms with Gasteiger partial charge in [-0.25, -0.2) is 4.79 Å². The van der Waals surface area contributed by atoms with Crippen molar-refractivity contribution in [1.29, 1.82) is 0 Å². The van der Waals surface area contributed by atoms with E-state index in [1.165, 1.54) is 28.4 Å². The molecule has 190 valence electrons. The lowest BCUT2D eigenvalue weighted by Crippen LogP contribution is -2.37. The number of amides is 1. The van der Waals surface area contributed by atoms with Crippen LogP contribution in [-0.2, 0) is 37.8 Å². The predicted molar refractivity (Wildman–Crippen MR) is 125 cm³/mol. The quantitative estimate of drug-likeness (QED) is 0.531. The van der Waals surface area contributed by atoms with E-state index in [4.69, 9.17) is 28.4 Å². The van der Waals surface area contributed by atoms with Gasteiger partial charge in [-0.1, -0.05) is 0 Å². The van der Waals surface area contributed by atoms with Crippen LogP contribution in [0, 0.1) is 0 Å². The molecule has 0 aliphatic carbocycles. The Bertz CT molecular complexity index is 1120. The highest BCUT2D eigenvalue weighted by atomic mass is 16.7. The second-order valence-corrected chi connectivity index (χ2v) is 8.80. The molecule has 1 amide bonds. The number of carboxylic acid groups (broad SMARTS) is 1. The molecule has 0 saturated carbocycles. The topological polar surface area (TPSA) is 122 Å². The summed E-state index contributed by atoms with van der Waals surface area (Å²) in [5.74, 6) is -1.18. The second-order valence-electron chi connectivity index (χ2n) is 8.80. The van der Waals surface area contributed by atoms with E-state index in [1.54, 1.807) is 45.0 Å². The van der Waals surface area contributed by atoms with Gasteiger partial charge in [-0.05, 0) is 45.0 Å². The lowest BCUT2D eigenvalue weighted by molar-refractivity contribution is -0.187. The third-order valence-electron chi connectivity index (χ3n) is 5.50. The minimum atomic E-state index is -1.42. The Hall–Kier alpha value is -3.50. The Morgan fingerprint density at radius 2 is 1.43 bits per heavy atom. The minimum absolute atomic E-state index is 0.00165. The zero-order chi connectivity index (χ0) is 26.0. The van der Waals surface area contributed by atoms with Gasteiger partial charge in [-0.15, -0.1) is 0 Å². The molecular formula is C25H31NO9. The third kappa shape index (κ3) is 4.98. The van der Waals surface area contributed by atoms with Gasteiger partial charge in [0, 0.05) is 19.8 Å². The Kier molecular flexibility index (Phi) is 7.47. The molecule has 3 rings (SSSR count). The van der Waals surface area contributed by atoms with Crippen LogP contribution in [0.2, 0.25) is 0 Å². The molecule has 2 aromatic rings. The molecule has 0 radical (unpaired) electrons. The highest BCUT2D eigenvalue weighted by molar-refractivity contribution is 5.75. The van der Waals surface area contributed by atoms with E-state index in [9.17, 15) is 14.7 Å². The van der Waals surface area contributed by atoms with E-state index in [2.05, 4.69) is 5.32 Å². The van der Waals surface area contributed by atoms with Crippen molar-refractivity contribution in [1.82, 2.24) is 5.32 Å². The van der Waals surface area contributed by atoms with Gasteiger partial charge >= 0.3 is 12.1 Å². The fourth-order valence-electron chi connectivity index (χ4n) is 4.08. The van der Waals surface area contributed by atoms with Crippen LogP contribution in [0.25, 0.3) is 0 Å². The molecule has 0 spiro atoms. The summed E-state index contributed by atoms with van der Waals surface area (Å²) < 4.78 is 34.4. The zero-order valence-corrected chi connectivity index (χ0v) is 20.9. The molecule has 10 heteroatoms. The fraction of sp³-hybridized carbons (Fsp3) is 0.440. The van der Waals surface area contributed by atoms with E-state index in [-0.39, 0.29) is 18.7 Å². The standard InChI is InChI=1S/C25H31NO9/c1-24(2,3)35-23(29)26-13-15-19(31-5)11-9-17-22(15)34-21-14(12-20(27)28)18(30-4)10-8-16(21)25(17,32-6)33-7/h8-11H,12-13H2,1-7H3,(H,26,29)(H,27,28). The molecule has 0 bridgehead atoms. The van der Waals surface area contributed by atoms with Gasteiger partial charge in [-0.2, -0.15) is 0 Å². The Balaban J connectivity index is 2.20. The number of carbonyl (C=O) groups is 2. The van der Waals surface area contributed by atoms with Crippen molar-refractivity contribution in [2.45, 2.75) is 45.1 Å². The Morgan fingerprint density at radius 3 is 1.89 bits per heavy atom. The lowest BCUT2D eigenvalue weighted by Gasteiger charge is -2.39. The largest absolute Gasteiger partial charge is 0.496 e. The number of alkyl carbamates (subject to hydrolysis) is 1. The number of ether oxygens (including phenoxy) is 6. The second kappa shape index (κ2) is 10.0. The smallest absolute Gasteiger partial charge is 0.407 e. The van der Waals surface area contributed by atoms with Gasteiger partial charge in [0.1, 0.15) is 28.6 Å². The fourth-order valence-corrected chi connectivity index (χ4v) is 4.08. The number of aliphatic carboxylic acids is 1. The first-order valence-electron chi connectivity index (χ1n) is 10.9. The van der Waals surface area contributed by atoms with Crippen LogP contribution < -0.4 is 19.5 Å². The van der Waals surface area contributed by atoms with Crippen LogP contribution in [-0.4, -0.2) is 51.2 Å². The molecule has 0 atom stereocenters. The number of carbonyl (C=O) groups excluding carboxylic acids is 1. The highest BCUT2D eigenvalue weighted by Gasteiger charge is 2.46. The average molecular weight is 490 g/mol. The predicted octanol–water partition coefficient (Wildman–Crippen LogP) is 3.96. The number of rotatable bonds is 8. The normalized spacial score (nSPS) is 13.7. The van der Waals surface area contributed by atoms with E-state index >= 15 is 0 Å². The Morgan fingerprint density at radius 1 is 0.914 bits per heavy atom. The van der Waals surface area contributed by atoms with Gasteiger partial charge < -0.3 is 38.8 Å². The first-order chi connectivity index (χ1) is 16.5. The van der Waals surface area contributed by atoms with Gasteiger partial charge in [0.05, 0.1) is 43.9 Å². The maximum absolute atomic E-state index is 12.4. The van der Waals surface area contributed by atoms with Crippen molar-refractivity contribution < 1.29 is 43.1 Å². The molecular weight excluding hydrogens is 458 g/mol. The molecule has 0 unspecified atom stereocenters. The number of nitrogens with one attached hydrogen (secondary N) is 1. The van der Waals surface area contributed by atoms with Crippen molar-refractivity contribution in [3.8, 4) is 23.0 Å². The summed E-state index contributed by atoms with van der Waals surface area (Å²) >= 11 is 0. The zero-order valence-electron chi connectivity index (χ0n) is 20.9. The van der Waals surface area contributed by atoms with Crippen molar-refractivity contribution in [3.05, 3.63) is 46.5 Å². The molecule has 35 heavy (non-hydrogen) atoms. The maximum Gasteiger partial charge on any atom is 0.407 e. The molecule has 1 aliphatic rings. The number of hydrogen-bond acceptors (Lipinski definition) is 8. The molecule has 1 aliphatic heterocycles. The monoisotopic (exact) mass is 489 g/mol. The summed E-state index contributed by atoms with van der Waals surface area (Å²) in [6.07, 6.45) is -0.980. The van der Waals surface area contributed by atoms with Gasteiger partial charge in [0.25, 0.3) is 0 Å². The van der Waals surface area contributed by atoms with E-state index in [0.717, 1.165) is 0 Å². The summed E-state index contributed by atoms with van der Waals surface area (Å²) in [4.78, 5) is 24.0. The highest BCUT2D eigenvalue weighted by Crippen LogP contribution is 2.54. The first-order valence-corrected chi connectivity index (χ1v) is 10.9. The van der Waals surface area contributed by atoms with Crippen molar-refractivity contribution in [3.63, 3.8) is 0 Å². The van der Waals surface area contributed by atoms with Crippen LogP contribution in [0.15, 0.2) is 24.3 Å². The first kappa shape index (κ1) is 26.1. The number of benzene rings is 2.